The molecule has 0 aliphatic heterocycles. The molecule has 0 aromatic rings. The molecule has 0 aromatic carbocycles. The van der Waals surface area contributed by atoms with Gasteiger partial charge in [0.2, 0.25) is 0 Å². The van der Waals surface area contributed by atoms with Gasteiger partial charge >= 0.3 is 5.97 Å². The van der Waals surface area contributed by atoms with E-state index in [-0.39, 0.29) is 5.92 Å². The number of carbonyl (C=O) groups is 1. The molecule has 1 aliphatic rings. The van der Waals surface area contributed by atoms with Crippen LogP contribution in [0.2, 0.25) is 0 Å². The number of carboxylic acids is 1. The maximum atomic E-state index is 10.2. The van der Waals surface area contributed by atoms with Crippen molar-refractivity contribution in [1.29, 1.82) is 0 Å². The molecule has 0 aromatic heterocycles. The molecule has 1 fully saturated rings. The standard InChI is InChI=1S/C6H10O2/c7-6(8)5-3-1-2-4-5/h5H,1-4H2,(H,7,8)/i1+1. The van der Waals surface area contributed by atoms with Gasteiger partial charge in [-0.25, -0.2) is 0 Å². The van der Waals surface area contributed by atoms with Gasteiger partial charge in [0.15, 0.2) is 0 Å². The molecule has 1 unspecified atom stereocenters. The molecule has 0 heterocycles. The summed E-state index contributed by atoms with van der Waals surface area (Å²) in [5.41, 5.74) is 0. The summed E-state index contributed by atoms with van der Waals surface area (Å²) in [6.07, 6.45) is 4.01. The summed E-state index contributed by atoms with van der Waals surface area (Å²) in [7, 11) is 0. The molecular weight excluding hydrogens is 105 g/mol. The summed E-state index contributed by atoms with van der Waals surface area (Å²) in [6.45, 7) is 0. The Morgan fingerprint density at radius 1 is 1.38 bits per heavy atom. The Kier molecular flexibility index (Phi) is 1.51. The zero-order chi connectivity index (χ0) is 5.98. The average molecular weight is 115 g/mol. The van der Waals surface area contributed by atoms with Crippen LogP contribution < -0.4 is 0 Å². The van der Waals surface area contributed by atoms with Crippen LogP contribution in [-0.4, -0.2) is 11.1 Å². The van der Waals surface area contributed by atoms with E-state index < -0.39 is 5.97 Å². The number of carboxylic acid groups (broad SMARTS) is 1. The molecule has 0 saturated heterocycles. The van der Waals surface area contributed by atoms with Crippen LogP contribution in [0.5, 0.6) is 0 Å². The molecule has 0 spiro atoms. The Morgan fingerprint density at radius 3 is 2.12 bits per heavy atom. The number of rotatable bonds is 1. The first kappa shape index (κ1) is 5.60. The molecule has 0 amide bonds. The van der Waals surface area contributed by atoms with Crippen LogP contribution in [0.3, 0.4) is 0 Å². The monoisotopic (exact) mass is 115 g/mol. The molecule has 2 nitrogen and oxygen atoms in total. The largest absolute Gasteiger partial charge is 0.481 e. The lowest BCUT2D eigenvalue weighted by molar-refractivity contribution is -0.141. The highest BCUT2D eigenvalue weighted by atomic mass is 16.4. The highest BCUT2D eigenvalue weighted by Crippen LogP contribution is 2.24. The first-order chi connectivity index (χ1) is 3.80. The number of hydrogen-bond acceptors (Lipinski definition) is 1. The van der Waals surface area contributed by atoms with Gasteiger partial charge in [-0.1, -0.05) is 12.8 Å². The van der Waals surface area contributed by atoms with Gasteiger partial charge < -0.3 is 5.11 Å². The minimum atomic E-state index is -0.609. The van der Waals surface area contributed by atoms with Crippen molar-refractivity contribution in [2.24, 2.45) is 5.92 Å². The third-order valence-electron chi connectivity index (χ3n) is 1.70. The third-order valence-corrected chi connectivity index (χ3v) is 1.70. The van der Waals surface area contributed by atoms with Gasteiger partial charge in [-0.3, -0.25) is 4.79 Å². The predicted octanol–water partition coefficient (Wildman–Crippen LogP) is 1.26. The van der Waals surface area contributed by atoms with Crippen molar-refractivity contribution in [3.63, 3.8) is 0 Å². The van der Waals surface area contributed by atoms with Crippen LogP contribution >= 0.6 is 0 Å². The highest BCUT2D eigenvalue weighted by molar-refractivity contribution is 5.70. The van der Waals surface area contributed by atoms with Gasteiger partial charge in [0.25, 0.3) is 0 Å². The molecular formula is C6H10O2. The second-order valence-corrected chi connectivity index (χ2v) is 2.32. The average Bonchev–Trinajstić information content (AvgIpc) is 2.12. The summed E-state index contributed by atoms with van der Waals surface area (Å²) < 4.78 is 0. The van der Waals surface area contributed by atoms with E-state index in [2.05, 4.69) is 0 Å². The summed E-state index contributed by atoms with van der Waals surface area (Å²) in [5.74, 6) is -0.627. The second-order valence-electron chi connectivity index (χ2n) is 2.32. The molecule has 0 radical (unpaired) electrons. The van der Waals surface area contributed by atoms with Crippen LogP contribution in [0.4, 0.5) is 0 Å². The molecule has 1 atom stereocenters. The topological polar surface area (TPSA) is 37.3 Å². The van der Waals surface area contributed by atoms with Crippen LogP contribution in [0.1, 0.15) is 25.7 Å². The lowest BCUT2D eigenvalue weighted by atomic mass is 10.1. The van der Waals surface area contributed by atoms with Crippen molar-refractivity contribution in [2.45, 2.75) is 25.7 Å². The fraction of sp³-hybridized carbons (Fsp3) is 0.833. The number of hydrogen-bond donors (Lipinski definition) is 1. The van der Waals surface area contributed by atoms with Crippen LogP contribution in [0.25, 0.3) is 0 Å². The van der Waals surface area contributed by atoms with Crippen LogP contribution in [0, 0.1) is 5.92 Å². The minimum Gasteiger partial charge on any atom is -0.481 e. The predicted molar refractivity (Wildman–Crippen MR) is 29.6 cm³/mol. The SMILES string of the molecule is O=C(O)C1CC[13CH2]C1. The molecule has 1 aliphatic carbocycles. The minimum absolute atomic E-state index is 0.0185. The molecule has 1 saturated carbocycles. The van der Waals surface area contributed by atoms with E-state index in [4.69, 9.17) is 5.11 Å². The Balaban J connectivity index is 2.35. The van der Waals surface area contributed by atoms with Crippen molar-refractivity contribution in [2.75, 3.05) is 0 Å². The van der Waals surface area contributed by atoms with Gasteiger partial charge in [0.1, 0.15) is 0 Å². The van der Waals surface area contributed by atoms with E-state index in [0.29, 0.717) is 0 Å². The second kappa shape index (κ2) is 2.16. The quantitative estimate of drug-likeness (QED) is 0.522. The van der Waals surface area contributed by atoms with Gasteiger partial charge in [-0.15, -0.1) is 0 Å². The van der Waals surface area contributed by atoms with Gasteiger partial charge in [0, 0.05) is 0 Å². The third kappa shape index (κ3) is 0.997. The van der Waals surface area contributed by atoms with E-state index in [1.165, 1.54) is 0 Å². The maximum absolute atomic E-state index is 10.2. The van der Waals surface area contributed by atoms with Crippen molar-refractivity contribution in [1.82, 2.24) is 0 Å². The van der Waals surface area contributed by atoms with Crippen molar-refractivity contribution in [3.05, 3.63) is 0 Å². The van der Waals surface area contributed by atoms with Gasteiger partial charge in [-0.05, 0) is 12.8 Å². The molecule has 1 N–H and O–H groups in total. The van der Waals surface area contributed by atoms with Crippen molar-refractivity contribution in [3.8, 4) is 0 Å². The Hall–Kier alpha value is -0.530. The first-order valence-electron chi connectivity index (χ1n) is 3.03. The van der Waals surface area contributed by atoms with Crippen molar-refractivity contribution >= 4 is 5.97 Å². The van der Waals surface area contributed by atoms with E-state index in [1.807, 2.05) is 0 Å². The zero-order valence-electron chi connectivity index (χ0n) is 4.76. The maximum Gasteiger partial charge on any atom is 0.306 e. The summed E-state index contributed by atoms with van der Waals surface area (Å²) >= 11 is 0. The highest BCUT2D eigenvalue weighted by Gasteiger charge is 2.20. The molecule has 8 heavy (non-hydrogen) atoms. The van der Waals surface area contributed by atoms with Gasteiger partial charge in [-0.2, -0.15) is 0 Å². The van der Waals surface area contributed by atoms with E-state index in [9.17, 15) is 4.79 Å². The van der Waals surface area contributed by atoms with E-state index >= 15 is 0 Å². The van der Waals surface area contributed by atoms with E-state index in [1.54, 1.807) is 0 Å². The molecule has 46 valence electrons. The molecule has 2 heteroatoms. The summed E-state index contributed by atoms with van der Waals surface area (Å²) in [6, 6.07) is 0. The summed E-state index contributed by atoms with van der Waals surface area (Å²) in [5, 5.41) is 8.41. The smallest absolute Gasteiger partial charge is 0.306 e. The lowest BCUT2D eigenvalue weighted by Gasteiger charge is -1.97. The molecule has 1 rings (SSSR count). The zero-order valence-corrected chi connectivity index (χ0v) is 4.76. The van der Waals surface area contributed by atoms with Crippen LogP contribution in [0.15, 0.2) is 0 Å². The summed E-state index contributed by atoms with van der Waals surface area (Å²) in [4.78, 5) is 10.2. The molecule has 0 bridgehead atoms. The first-order valence-corrected chi connectivity index (χ1v) is 3.03. The Labute approximate surface area is 48.5 Å². The number of aliphatic carboxylic acids is 1. The fourth-order valence-electron chi connectivity index (χ4n) is 1.17. The Bertz CT molecular complexity index is 92.7. The van der Waals surface area contributed by atoms with Crippen molar-refractivity contribution < 1.29 is 9.90 Å². The van der Waals surface area contributed by atoms with E-state index in [0.717, 1.165) is 25.7 Å². The van der Waals surface area contributed by atoms with Gasteiger partial charge in [0.05, 0.1) is 5.92 Å². The lowest BCUT2D eigenvalue weighted by Crippen LogP contribution is -2.07. The van der Waals surface area contributed by atoms with Crippen LogP contribution in [-0.2, 0) is 4.79 Å². The fourth-order valence-corrected chi connectivity index (χ4v) is 1.17. The Morgan fingerprint density at radius 2 is 1.88 bits per heavy atom. The normalized spacial score (nSPS) is 28.2.